The Morgan fingerprint density at radius 3 is 2.56 bits per heavy atom. The fourth-order valence-corrected chi connectivity index (χ4v) is 2.86. The van der Waals surface area contributed by atoms with Gasteiger partial charge in [-0.2, -0.15) is 0 Å². The Kier molecular flexibility index (Phi) is 6.05. The minimum absolute atomic E-state index is 0.267. The van der Waals surface area contributed by atoms with Crippen LogP contribution in [0.15, 0.2) is 72.9 Å². The third-order valence-corrected chi connectivity index (χ3v) is 4.29. The molecule has 2 aromatic carbocycles. The molecule has 1 heterocycles. The largest absolute Gasteiger partial charge is 0.495 e. The smallest absolute Gasteiger partial charge is 0.274 e. The number of benzene rings is 2. The first-order valence-electron chi connectivity index (χ1n) is 8.90. The van der Waals surface area contributed by atoms with E-state index in [0.717, 1.165) is 18.8 Å². The molecule has 0 saturated carbocycles. The fraction of sp³-hybridized carbons (Fsp3) is 0.182. The summed E-state index contributed by atoms with van der Waals surface area (Å²) in [6.07, 6.45) is 1.67. The molecule has 1 amide bonds. The molecule has 0 atom stereocenters. The Bertz CT molecular complexity index is 897. The zero-order chi connectivity index (χ0) is 19.1. The van der Waals surface area contributed by atoms with Gasteiger partial charge in [0, 0.05) is 25.0 Å². The first-order valence-corrected chi connectivity index (χ1v) is 8.90. The predicted molar refractivity (Wildman–Crippen MR) is 108 cm³/mol. The average molecular weight is 361 g/mol. The fourth-order valence-electron chi connectivity index (χ4n) is 2.86. The molecule has 3 rings (SSSR count). The van der Waals surface area contributed by atoms with Crippen LogP contribution in [0.5, 0.6) is 5.75 Å². The van der Waals surface area contributed by atoms with Gasteiger partial charge in [-0.05, 0) is 36.8 Å². The minimum Gasteiger partial charge on any atom is -0.495 e. The number of hydrogen-bond acceptors (Lipinski definition) is 4. The van der Waals surface area contributed by atoms with E-state index in [1.54, 1.807) is 25.4 Å². The summed E-state index contributed by atoms with van der Waals surface area (Å²) >= 11 is 0. The molecule has 138 valence electrons. The molecule has 0 unspecified atom stereocenters. The van der Waals surface area contributed by atoms with Crippen molar-refractivity contribution >= 4 is 17.3 Å². The molecular formula is C22H23N3O2. The second-order valence-corrected chi connectivity index (χ2v) is 6.05. The lowest BCUT2D eigenvalue weighted by Crippen LogP contribution is -2.23. The van der Waals surface area contributed by atoms with Gasteiger partial charge >= 0.3 is 0 Å². The molecule has 5 nitrogen and oxygen atoms in total. The molecule has 0 bridgehead atoms. The van der Waals surface area contributed by atoms with Crippen molar-refractivity contribution in [2.24, 2.45) is 0 Å². The van der Waals surface area contributed by atoms with Crippen molar-refractivity contribution in [2.45, 2.75) is 13.5 Å². The number of rotatable bonds is 7. The quantitative estimate of drug-likeness (QED) is 0.679. The van der Waals surface area contributed by atoms with Gasteiger partial charge in [0.25, 0.3) is 5.91 Å². The highest BCUT2D eigenvalue weighted by Crippen LogP contribution is 2.24. The Morgan fingerprint density at radius 1 is 1.07 bits per heavy atom. The van der Waals surface area contributed by atoms with Crippen molar-refractivity contribution in [1.82, 2.24) is 4.98 Å². The van der Waals surface area contributed by atoms with Crippen molar-refractivity contribution in [1.29, 1.82) is 0 Å². The number of anilines is 2. The van der Waals surface area contributed by atoms with Gasteiger partial charge in [0.2, 0.25) is 0 Å². The van der Waals surface area contributed by atoms with Crippen LogP contribution in [0, 0.1) is 0 Å². The molecule has 3 aromatic rings. The van der Waals surface area contributed by atoms with Crippen LogP contribution in [-0.2, 0) is 6.54 Å². The summed E-state index contributed by atoms with van der Waals surface area (Å²) in [6.45, 7) is 3.69. The molecule has 0 aliphatic rings. The molecule has 5 heteroatoms. The topological polar surface area (TPSA) is 54.5 Å². The van der Waals surface area contributed by atoms with Crippen molar-refractivity contribution in [3.63, 3.8) is 0 Å². The van der Waals surface area contributed by atoms with Crippen molar-refractivity contribution in [3.8, 4) is 5.75 Å². The van der Waals surface area contributed by atoms with E-state index in [1.807, 2.05) is 42.5 Å². The van der Waals surface area contributed by atoms with Gasteiger partial charge in [0.1, 0.15) is 11.4 Å². The summed E-state index contributed by atoms with van der Waals surface area (Å²) in [5.41, 5.74) is 3.16. The van der Waals surface area contributed by atoms with Crippen LogP contribution in [0.4, 0.5) is 11.4 Å². The predicted octanol–water partition coefficient (Wildman–Crippen LogP) is 4.37. The molecule has 0 aliphatic carbocycles. The lowest BCUT2D eigenvalue weighted by Gasteiger charge is -2.23. The third kappa shape index (κ3) is 4.64. The highest BCUT2D eigenvalue weighted by molar-refractivity contribution is 6.04. The number of methoxy groups -OCH3 is 1. The number of nitrogens with one attached hydrogen (secondary N) is 1. The number of ether oxygens (including phenoxy) is 1. The van der Waals surface area contributed by atoms with Crippen LogP contribution in [0.2, 0.25) is 0 Å². The minimum atomic E-state index is -0.267. The van der Waals surface area contributed by atoms with Gasteiger partial charge in [-0.15, -0.1) is 0 Å². The maximum absolute atomic E-state index is 12.7. The lowest BCUT2D eigenvalue weighted by molar-refractivity contribution is 0.102. The number of hydrogen-bond donors (Lipinski definition) is 1. The van der Waals surface area contributed by atoms with E-state index in [1.165, 1.54) is 5.56 Å². The number of para-hydroxylation sites is 2. The highest BCUT2D eigenvalue weighted by atomic mass is 16.5. The van der Waals surface area contributed by atoms with E-state index >= 15 is 0 Å². The Balaban J connectivity index is 1.78. The molecule has 0 saturated heterocycles. The van der Waals surface area contributed by atoms with Gasteiger partial charge in [-0.1, -0.05) is 42.5 Å². The summed E-state index contributed by atoms with van der Waals surface area (Å²) in [4.78, 5) is 19.1. The normalized spacial score (nSPS) is 10.3. The number of carbonyl (C=O) groups is 1. The third-order valence-electron chi connectivity index (χ3n) is 4.29. The first-order chi connectivity index (χ1) is 13.2. The van der Waals surface area contributed by atoms with E-state index in [9.17, 15) is 4.79 Å². The van der Waals surface area contributed by atoms with Gasteiger partial charge in [0.05, 0.1) is 12.8 Å². The summed E-state index contributed by atoms with van der Waals surface area (Å²) in [7, 11) is 1.58. The molecule has 0 radical (unpaired) electrons. The van der Waals surface area contributed by atoms with Gasteiger partial charge in [-0.3, -0.25) is 9.78 Å². The molecule has 1 N–H and O–H groups in total. The Labute approximate surface area is 159 Å². The van der Waals surface area contributed by atoms with E-state index in [0.29, 0.717) is 17.1 Å². The SMILES string of the molecule is CCN(Cc1ccccc1)c1ccnc(C(=O)Nc2ccccc2OC)c1. The van der Waals surface area contributed by atoms with Crippen LogP contribution in [0.25, 0.3) is 0 Å². The van der Waals surface area contributed by atoms with Gasteiger partial charge in [-0.25, -0.2) is 0 Å². The van der Waals surface area contributed by atoms with E-state index in [-0.39, 0.29) is 5.91 Å². The van der Waals surface area contributed by atoms with Crippen LogP contribution < -0.4 is 15.0 Å². The number of nitrogens with zero attached hydrogens (tertiary/aromatic N) is 2. The van der Waals surface area contributed by atoms with Crippen molar-refractivity contribution in [2.75, 3.05) is 23.9 Å². The lowest BCUT2D eigenvalue weighted by atomic mass is 10.2. The Morgan fingerprint density at radius 2 is 1.81 bits per heavy atom. The van der Waals surface area contributed by atoms with E-state index in [4.69, 9.17) is 4.74 Å². The summed E-state index contributed by atoms with van der Waals surface area (Å²) in [5, 5.41) is 2.87. The van der Waals surface area contributed by atoms with E-state index in [2.05, 4.69) is 34.3 Å². The molecule has 1 aromatic heterocycles. The number of pyridine rings is 1. The molecule has 27 heavy (non-hydrogen) atoms. The maximum Gasteiger partial charge on any atom is 0.274 e. The number of carbonyl (C=O) groups excluding carboxylic acids is 1. The summed E-state index contributed by atoms with van der Waals surface area (Å²) < 4.78 is 5.28. The zero-order valence-corrected chi connectivity index (χ0v) is 15.6. The standard InChI is InChI=1S/C22H23N3O2/c1-3-25(16-17-9-5-4-6-10-17)18-13-14-23-20(15-18)22(26)24-19-11-7-8-12-21(19)27-2/h4-15H,3,16H2,1-2H3,(H,24,26). The summed E-state index contributed by atoms with van der Waals surface area (Å²) in [5.74, 6) is 0.346. The molecule has 0 aliphatic heterocycles. The van der Waals surface area contributed by atoms with Crippen LogP contribution in [0.3, 0.4) is 0 Å². The van der Waals surface area contributed by atoms with Gasteiger partial charge in [0.15, 0.2) is 0 Å². The van der Waals surface area contributed by atoms with Crippen molar-refractivity contribution < 1.29 is 9.53 Å². The zero-order valence-electron chi connectivity index (χ0n) is 15.6. The van der Waals surface area contributed by atoms with Crippen LogP contribution >= 0.6 is 0 Å². The monoisotopic (exact) mass is 361 g/mol. The maximum atomic E-state index is 12.7. The molecule has 0 fully saturated rings. The van der Waals surface area contributed by atoms with E-state index < -0.39 is 0 Å². The highest BCUT2D eigenvalue weighted by Gasteiger charge is 2.13. The second kappa shape index (κ2) is 8.85. The molecular weight excluding hydrogens is 338 g/mol. The van der Waals surface area contributed by atoms with Gasteiger partial charge < -0.3 is 15.0 Å². The van der Waals surface area contributed by atoms with Crippen LogP contribution in [-0.4, -0.2) is 24.5 Å². The Hall–Kier alpha value is -3.34. The first kappa shape index (κ1) is 18.5. The molecule has 0 spiro atoms. The van der Waals surface area contributed by atoms with Crippen molar-refractivity contribution in [3.05, 3.63) is 84.2 Å². The number of aromatic nitrogens is 1. The number of amides is 1. The summed E-state index contributed by atoms with van der Waals surface area (Å²) in [6, 6.07) is 21.3. The second-order valence-electron chi connectivity index (χ2n) is 6.05. The van der Waals surface area contributed by atoms with Crippen LogP contribution in [0.1, 0.15) is 23.0 Å². The average Bonchev–Trinajstić information content (AvgIpc) is 2.73.